The molecule has 0 aliphatic heterocycles. The van der Waals surface area contributed by atoms with E-state index in [0.29, 0.717) is 0 Å². The third kappa shape index (κ3) is 3.01. The zero-order valence-electron chi connectivity index (χ0n) is 7.01. The molecule has 0 saturated heterocycles. The Balaban J connectivity index is 2.77. The van der Waals surface area contributed by atoms with Crippen LogP contribution >= 0.6 is 27.5 Å². The molecular weight excluding hydrogens is 255 g/mol. The van der Waals surface area contributed by atoms with Gasteiger partial charge in [-0.15, -0.1) is 0 Å². The summed E-state index contributed by atoms with van der Waals surface area (Å²) in [4.78, 5) is 10.3. The number of ether oxygens (including phenoxy) is 1. The van der Waals surface area contributed by atoms with Crippen LogP contribution in [0.2, 0.25) is 0 Å². The van der Waals surface area contributed by atoms with Crippen molar-refractivity contribution in [2.45, 2.75) is 13.5 Å². The van der Waals surface area contributed by atoms with E-state index in [9.17, 15) is 4.79 Å². The van der Waals surface area contributed by atoms with E-state index in [-0.39, 0.29) is 6.61 Å². The first-order chi connectivity index (χ1) is 6.11. The van der Waals surface area contributed by atoms with Gasteiger partial charge in [0.05, 0.1) is 0 Å². The minimum atomic E-state index is -0.778. The molecule has 0 amide bonds. The first kappa shape index (κ1) is 10.5. The predicted molar refractivity (Wildman–Crippen MR) is 54.9 cm³/mol. The monoisotopic (exact) mass is 262 g/mol. The van der Waals surface area contributed by atoms with Crippen LogP contribution in [0.15, 0.2) is 22.7 Å². The van der Waals surface area contributed by atoms with Gasteiger partial charge in [-0.3, -0.25) is 0 Å². The molecule has 70 valence electrons. The van der Waals surface area contributed by atoms with Crippen LogP contribution in [0.3, 0.4) is 0 Å². The molecule has 0 aliphatic rings. The SMILES string of the molecule is Cc1c(Br)cccc1COC(=O)Cl. The number of halogens is 2. The minimum Gasteiger partial charge on any atom is -0.449 e. The molecule has 1 aromatic rings. The Kier molecular flexibility index (Phi) is 3.75. The lowest BCUT2D eigenvalue weighted by molar-refractivity contribution is 0.167. The van der Waals surface area contributed by atoms with E-state index in [1.807, 2.05) is 25.1 Å². The van der Waals surface area contributed by atoms with Gasteiger partial charge in [-0.1, -0.05) is 28.1 Å². The zero-order valence-corrected chi connectivity index (χ0v) is 9.35. The van der Waals surface area contributed by atoms with Crippen molar-refractivity contribution in [3.63, 3.8) is 0 Å². The van der Waals surface area contributed by atoms with E-state index in [0.717, 1.165) is 15.6 Å². The number of hydrogen-bond acceptors (Lipinski definition) is 2. The number of carbonyl (C=O) groups excluding carboxylic acids is 1. The molecule has 4 heteroatoms. The second-order valence-corrected chi connectivity index (χ2v) is 3.71. The first-order valence-corrected chi connectivity index (χ1v) is 4.84. The lowest BCUT2D eigenvalue weighted by Gasteiger charge is -2.06. The fourth-order valence-corrected chi connectivity index (χ4v) is 1.40. The summed E-state index contributed by atoms with van der Waals surface area (Å²) < 4.78 is 5.67. The lowest BCUT2D eigenvalue weighted by Crippen LogP contribution is -1.97. The van der Waals surface area contributed by atoms with Crippen molar-refractivity contribution in [3.05, 3.63) is 33.8 Å². The second kappa shape index (κ2) is 4.63. The second-order valence-electron chi connectivity index (χ2n) is 2.55. The summed E-state index contributed by atoms with van der Waals surface area (Å²) in [6.07, 6.45) is 0. The van der Waals surface area contributed by atoms with Crippen molar-refractivity contribution < 1.29 is 9.53 Å². The zero-order chi connectivity index (χ0) is 9.84. The van der Waals surface area contributed by atoms with Gasteiger partial charge in [-0.25, -0.2) is 4.79 Å². The highest BCUT2D eigenvalue weighted by Gasteiger charge is 2.03. The molecule has 0 atom stereocenters. The van der Waals surface area contributed by atoms with Crippen LogP contribution in [0.1, 0.15) is 11.1 Å². The Labute approximate surface area is 90.0 Å². The lowest BCUT2D eigenvalue weighted by atomic mass is 10.1. The summed E-state index contributed by atoms with van der Waals surface area (Å²) in [6.45, 7) is 2.16. The van der Waals surface area contributed by atoms with E-state index in [1.54, 1.807) is 0 Å². The molecule has 1 aromatic carbocycles. The molecule has 0 radical (unpaired) electrons. The smallest absolute Gasteiger partial charge is 0.404 e. The van der Waals surface area contributed by atoms with Crippen molar-refractivity contribution in [3.8, 4) is 0 Å². The van der Waals surface area contributed by atoms with Crippen LogP contribution in [0.5, 0.6) is 0 Å². The third-order valence-electron chi connectivity index (χ3n) is 1.72. The Bertz CT molecular complexity index is 325. The van der Waals surface area contributed by atoms with Crippen molar-refractivity contribution in [2.75, 3.05) is 0 Å². The molecule has 0 aliphatic carbocycles. The van der Waals surface area contributed by atoms with Crippen LogP contribution in [0.4, 0.5) is 4.79 Å². The largest absolute Gasteiger partial charge is 0.449 e. The molecule has 0 bridgehead atoms. The minimum absolute atomic E-state index is 0.216. The number of hydrogen-bond donors (Lipinski definition) is 0. The number of rotatable bonds is 2. The molecule has 0 fully saturated rings. The van der Waals surface area contributed by atoms with Gasteiger partial charge in [-0.2, -0.15) is 0 Å². The van der Waals surface area contributed by atoms with Crippen molar-refractivity contribution in [2.24, 2.45) is 0 Å². The highest BCUT2D eigenvalue weighted by Crippen LogP contribution is 2.20. The molecule has 0 heterocycles. The van der Waals surface area contributed by atoms with E-state index in [2.05, 4.69) is 20.7 Å². The maximum absolute atomic E-state index is 10.3. The summed E-state index contributed by atoms with van der Waals surface area (Å²) >= 11 is 8.43. The molecular formula is C9H8BrClO2. The van der Waals surface area contributed by atoms with Crippen molar-refractivity contribution in [1.82, 2.24) is 0 Å². The van der Waals surface area contributed by atoms with Crippen LogP contribution in [-0.4, -0.2) is 5.43 Å². The van der Waals surface area contributed by atoms with Gasteiger partial charge < -0.3 is 4.74 Å². The molecule has 0 unspecified atom stereocenters. The van der Waals surface area contributed by atoms with E-state index in [1.165, 1.54) is 0 Å². The standard InChI is InChI=1S/C9H8BrClO2/c1-6-7(5-13-9(11)12)3-2-4-8(6)10/h2-4H,5H2,1H3. The molecule has 0 N–H and O–H groups in total. The van der Waals surface area contributed by atoms with Gasteiger partial charge in [0.15, 0.2) is 0 Å². The van der Waals surface area contributed by atoms with Gasteiger partial charge in [0.25, 0.3) is 0 Å². The fraction of sp³-hybridized carbons (Fsp3) is 0.222. The third-order valence-corrected chi connectivity index (χ3v) is 2.69. The van der Waals surface area contributed by atoms with Gasteiger partial charge >= 0.3 is 5.43 Å². The van der Waals surface area contributed by atoms with Gasteiger partial charge in [0.2, 0.25) is 0 Å². The van der Waals surface area contributed by atoms with Gasteiger partial charge in [0, 0.05) is 16.1 Å². The van der Waals surface area contributed by atoms with Crippen molar-refractivity contribution >= 4 is 33.0 Å². The van der Waals surface area contributed by atoms with E-state index >= 15 is 0 Å². The molecule has 1 rings (SSSR count). The summed E-state index contributed by atoms with van der Waals surface area (Å²) in [6, 6.07) is 5.70. The summed E-state index contributed by atoms with van der Waals surface area (Å²) in [5.41, 5.74) is 1.23. The van der Waals surface area contributed by atoms with Crippen molar-refractivity contribution in [1.29, 1.82) is 0 Å². The highest BCUT2D eigenvalue weighted by molar-refractivity contribution is 9.10. The maximum Gasteiger partial charge on any atom is 0.404 e. The van der Waals surface area contributed by atoms with Gasteiger partial charge in [0.1, 0.15) is 6.61 Å². The first-order valence-electron chi connectivity index (χ1n) is 3.67. The summed E-state index contributed by atoms with van der Waals surface area (Å²) in [5.74, 6) is 0. The maximum atomic E-state index is 10.3. The average Bonchev–Trinajstić information content (AvgIpc) is 2.07. The fourth-order valence-electron chi connectivity index (χ4n) is 0.943. The Morgan fingerprint density at radius 3 is 2.92 bits per heavy atom. The molecule has 2 nitrogen and oxygen atoms in total. The Morgan fingerprint density at radius 2 is 2.31 bits per heavy atom. The summed E-state index contributed by atoms with van der Waals surface area (Å²) in [5, 5.41) is 0. The van der Waals surface area contributed by atoms with Gasteiger partial charge in [-0.05, 0) is 24.1 Å². The topological polar surface area (TPSA) is 26.3 Å². The predicted octanol–water partition coefficient (Wildman–Crippen LogP) is 3.63. The highest BCUT2D eigenvalue weighted by atomic mass is 79.9. The van der Waals surface area contributed by atoms with Crippen LogP contribution in [0.25, 0.3) is 0 Å². The van der Waals surface area contributed by atoms with Crippen LogP contribution in [-0.2, 0) is 11.3 Å². The van der Waals surface area contributed by atoms with Crippen LogP contribution < -0.4 is 0 Å². The summed E-state index contributed by atoms with van der Waals surface area (Å²) in [7, 11) is 0. The van der Waals surface area contributed by atoms with Crippen LogP contribution in [0, 0.1) is 6.92 Å². The number of benzene rings is 1. The Morgan fingerprint density at radius 1 is 1.62 bits per heavy atom. The number of carbonyl (C=O) groups is 1. The molecule has 0 saturated carbocycles. The average molecular weight is 264 g/mol. The molecule has 13 heavy (non-hydrogen) atoms. The quantitative estimate of drug-likeness (QED) is 0.762. The van der Waals surface area contributed by atoms with E-state index in [4.69, 9.17) is 11.6 Å². The molecule has 0 aromatic heterocycles. The van der Waals surface area contributed by atoms with E-state index < -0.39 is 5.43 Å². The normalized spacial score (nSPS) is 9.77. The Hall–Kier alpha value is -0.540. The molecule has 0 spiro atoms.